The van der Waals surface area contributed by atoms with E-state index in [-0.39, 0.29) is 31.9 Å². The van der Waals surface area contributed by atoms with Crippen LogP contribution in [0.1, 0.15) is 19.8 Å². The summed E-state index contributed by atoms with van der Waals surface area (Å²) < 4.78 is 32.6. The first-order valence-corrected chi connectivity index (χ1v) is 5.71. The lowest BCUT2D eigenvalue weighted by Gasteiger charge is -2.20. The summed E-state index contributed by atoms with van der Waals surface area (Å²) in [7, 11) is 1.28. The van der Waals surface area contributed by atoms with E-state index >= 15 is 0 Å². The fourth-order valence-corrected chi connectivity index (χ4v) is 1.28. The summed E-state index contributed by atoms with van der Waals surface area (Å²) in [6.07, 6.45) is -2.38. The molecule has 0 spiro atoms. The molecule has 0 N–H and O–H groups in total. The molecule has 0 fully saturated rings. The Kier molecular flexibility index (Phi) is 9.08. The zero-order valence-corrected chi connectivity index (χ0v) is 10.7. The largest absolute Gasteiger partial charge is 0.469 e. The quantitative estimate of drug-likeness (QED) is 0.463. The molecule has 0 heterocycles. The van der Waals surface area contributed by atoms with E-state index in [4.69, 9.17) is 0 Å². The molecule has 0 aliphatic heterocycles. The standard InChI is InChI=1S/C11H19F2NO4/c1-3-14(6-4-11(16)17-2)10(15)5-7-18-8-9(12)13/h9H,3-8H2,1-2H3. The number of esters is 1. The SMILES string of the molecule is CCN(CCC(=O)OC)C(=O)CCOCC(F)F. The Balaban J connectivity index is 3.85. The summed E-state index contributed by atoms with van der Waals surface area (Å²) in [6.45, 7) is 1.77. The van der Waals surface area contributed by atoms with Gasteiger partial charge in [0.1, 0.15) is 6.61 Å². The molecule has 0 aromatic rings. The van der Waals surface area contributed by atoms with E-state index in [0.717, 1.165) is 0 Å². The third-order valence-corrected chi connectivity index (χ3v) is 2.25. The molecule has 0 saturated heterocycles. The molecule has 18 heavy (non-hydrogen) atoms. The van der Waals surface area contributed by atoms with Crippen LogP contribution in [-0.4, -0.2) is 56.6 Å². The fraction of sp³-hybridized carbons (Fsp3) is 0.818. The van der Waals surface area contributed by atoms with E-state index in [2.05, 4.69) is 9.47 Å². The molecule has 0 radical (unpaired) electrons. The molecule has 1 amide bonds. The minimum Gasteiger partial charge on any atom is -0.469 e. The number of alkyl halides is 2. The highest BCUT2D eigenvalue weighted by Crippen LogP contribution is 1.99. The first-order valence-electron chi connectivity index (χ1n) is 5.71. The molecule has 0 unspecified atom stereocenters. The number of carbonyl (C=O) groups excluding carboxylic acids is 2. The highest BCUT2D eigenvalue weighted by atomic mass is 19.3. The highest BCUT2D eigenvalue weighted by molar-refractivity contribution is 5.77. The third kappa shape index (κ3) is 7.94. The second-order valence-electron chi connectivity index (χ2n) is 3.52. The normalized spacial score (nSPS) is 10.5. The van der Waals surface area contributed by atoms with Gasteiger partial charge in [-0.15, -0.1) is 0 Å². The zero-order valence-electron chi connectivity index (χ0n) is 10.7. The Hall–Kier alpha value is -1.24. The molecule has 0 aromatic heterocycles. The number of methoxy groups -OCH3 is 1. The van der Waals surface area contributed by atoms with Crippen LogP contribution in [0.4, 0.5) is 8.78 Å². The minimum absolute atomic E-state index is 0.0295. The summed E-state index contributed by atoms with van der Waals surface area (Å²) in [5.74, 6) is -0.620. The Bertz CT molecular complexity index is 261. The summed E-state index contributed by atoms with van der Waals surface area (Å²) in [5.41, 5.74) is 0. The van der Waals surface area contributed by atoms with Gasteiger partial charge in [0.2, 0.25) is 5.91 Å². The van der Waals surface area contributed by atoms with Crippen molar-refractivity contribution in [2.75, 3.05) is 33.4 Å². The molecule has 0 rings (SSSR count). The number of hydrogen-bond acceptors (Lipinski definition) is 4. The number of carbonyl (C=O) groups is 2. The molecular weight excluding hydrogens is 248 g/mol. The van der Waals surface area contributed by atoms with Crippen molar-refractivity contribution in [1.29, 1.82) is 0 Å². The van der Waals surface area contributed by atoms with Crippen LogP contribution in [0.15, 0.2) is 0 Å². The van der Waals surface area contributed by atoms with E-state index in [0.29, 0.717) is 6.54 Å². The number of rotatable bonds is 9. The van der Waals surface area contributed by atoms with Gasteiger partial charge in [-0.3, -0.25) is 9.59 Å². The van der Waals surface area contributed by atoms with Crippen molar-refractivity contribution < 1.29 is 27.8 Å². The Morgan fingerprint density at radius 2 is 1.94 bits per heavy atom. The number of halogens is 2. The van der Waals surface area contributed by atoms with Gasteiger partial charge in [-0.1, -0.05) is 0 Å². The maximum Gasteiger partial charge on any atom is 0.307 e. The van der Waals surface area contributed by atoms with Crippen LogP contribution in [0.5, 0.6) is 0 Å². The van der Waals surface area contributed by atoms with E-state index in [9.17, 15) is 18.4 Å². The second-order valence-corrected chi connectivity index (χ2v) is 3.52. The minimum atomic E-state index is -2.53. The molecular formula is C11H19F2NO4. The van der Waals surface area contributed by atoms with Crippen LogP contribution in [0, 0.1) is 0 Å². The van der Waals surface area contributed by atoms with E-state index in [1.54, 1.807) is 6.92 Å². The first kappa shape index (κ1) is 16.8. The monoisotopic (exact) mass is 267 g/mol. The van der Waals surface area contributed by atoms with E-state index in [1.807, 2.05) is 0 Å². The van der Waals surface area contributed by atoms with Crippen molar-refractivity contribution in [2.24, 2.45) is 0 Å². The maximum atomic E-state index is 11.8. The summed E-state index contributed by atoms with van der Waals surface area (Å²) >= 11 is 0. The van der Waals surface area contributed by atoms with Crippen LogP contribution in [0.2, 0.25) is 0 Å². The molecule has 106 valence electrons. The smallest absolute Gasteiger partial charge is 0.307 e. The van der Waals surface area contributed by atoms with Gasteiger partial charge in [-0.05, 0) is 6.92 Å². The van der Waals surface area contributed by atoms with Crippen molar-refractivity contribution >= 4 is 11.9 Å². The molecule has 0 aromatic carbocycles. The lowest BCUT2D eigenvalue weighted by atomic mass is 10.3. The van der Waals surface area contributed by atoms with Gasteiger partial charge in [0.25, 0.3) is 6.43 Å². The summed E-state index contributed by atoms with van der Waals surface area (Å²) in [4.78, 5) is 24.0. The van der Waals surface area contributed by atoms with Crippen molar-refractivity contribution in [3.8, 4) is 0 Å². The van der Waals surface area contributed by atoms with E-state index in [1.165, 1.54) is 12.0 Å². The molecule has 0 atom stereocenters. The number of nitrogens with zero attached hydrogens (tertiary/aromatic N) is 1. The topological polar surface area (TPSA) is 55.8 Å². The van der Waals surface area contributed by atoms with Gasteiger partial charge >= 0.3 is 5.97 Å². The number of ether oxygens (including phenoxy) is 2. The van der Waals surface area contributed by atoms with Gasteiger partial charge < -0.3 is 14.4 Å². The van der Waals surface area contributed by atoms with Crippen molar-refractivity contribution in [3.05, 3.63) is 0 Å². The molecule has 0 aliphatic rings. The number of hydrogen-bond donors (Lipinski definition) is 0. The van der Waals surface area contributed by atoms with Crippen LogP contribution in [0.3, 0.4) is 0 Å². The second kappa shape index (κ2) is 9.76. The van der Waals surface area contributed by atoms with Crippen LogP contribution in [-0.2, 0) is 19.1 Å². The third-order valence-electron chi connectivity index (χ3n) is 2.25. The molecule has 0 bridgehead atoms. The van der Waals surface area contributed by atoms with Gasteiger partial charge in [-0.25, -0.2) is 8.78 Å². The highest BCUT2D eigenvalue weighted by Gasteiger charge is 2.13. The summed E-state index contributed by atoms with van der Waals surface area (Å²) in [5, 5.41) is 0. The predicted octanol–water partition coefficient (Wildman–Crippen LogP) is 1.07. The Morgan fingerprint density at radius 3 is 2.44 bits per heavy atom. The summed E-state index contributed by atoms with van der Waals surface area (Å²) in [6, 6.07) is 0. The first-order chi connectivity index (χ1) is 8.51. The van der Waals surface area contributed by atoms with Gasteiger partial charge in [0, 0.05) is 13.1 Å². The van der Waals surface area contributed by atoms with Crippen molar-refractivity contribution in [1.82, 2.24) is 4.90 Å². The average molecular weight is 267 g/mol. The van der Waals surface area contributed by atoms with Crippen LogP contribution in [0.25, 0.3) is 0 Å². The Morgan fingerprint density at radius 1 is 1.28 bits per heavy atom. The molecule has 7 heteroatoms. The lowest BCUT2D eigenvalue weighted by molar-refractivity contribution is -0.141. The fourth-order valence-electron chi connectivity index (χ4n) is 1.28. The van der Waals surface area contributed by atoms with Crippen molar-refractivity contribution in [3.63, 3.8) is 0 Å². The van der Waals surface area contributed by atoms with Gasteiger partial charge in [-0.2, -0.15) is 0 Å². The van der Waals surface area contributed by atoms with Crippen LogP contribution >= 0.6 is 0 Å². The van der Waals surface area contributed by atoms with Gasteiger partial charge in [0.15, 0.2) is 0 Å². The molecule has 0 saturated carbocycles. The zero-order chi connectivity index (χ0) is 14.0. The number of amides is 1. The molecule has 5 nitrogen and oxygen atoms in total. The lowest BCUT2D eigenvalue weighted by Crippen LogP contribution is -2.33. The maximum absolute atomic E-state index is 11.8. The van der Waals surface area contributed by atoms with Gasteiger partial charge in [0.05, 0.1) is 26.6 Å². The molecule has 0 aliphatic carbocycles. The Labute approximate surface area is 105 Å². The average Bonchev–Trinajstić information content (AvgIpc) is 2.34. The predicted molar refractivity (Wildman–Crippen MR) is 60.3 cm³/mol. The van der Waals surface area contributed by atoms with Crippen LogP contribution < -0.4 is 0 Å². The van der Waals surface area contributed by atoms with Crippen molar-refractivity contribution in [2.45, 2.75) is 26.2 Å². The van der Waals surface area contributed by atoms with E-state index < -0.39 is 19.0 Å².